The molecule has 5 nitrogen and oxygen atoms in total. The Bertz CT molecular complexity index is 1380. The highest BCUT2D eigenvalue weighted by Gasteiger charge is 2.20. The third-order valence-electron chi connectivity index (χ3n) is 6.84. The fourth-order valence-corrected chi connectivity index (χ4v) is 4.81. The van der Waals surface area contributed by atoms with E-state index in [1.807, 2.05) is 45.0 Å². The summed E-state index contributed by atoms with van der Waals surface area (Å²) in [6.07, 6.45) is 6.86. The average Bonchev–Trinajstić information content (AvgIpc) is 3.25. The van der Waals surface area contributed by atoms with Crippen LogP contribution in [-0.4, -0.2) is 27.7 Å². The lowest BCUT2D eigenvalue weighted by molar-refractivity contribution is 0.00704. The Hall–Kier alpha value is -3.60. The number of esters is 1. The number of benzene rings is 3. The zero-order valence-corrected chi connectivity index (χ0v) is 24.2. The third kappa shape index (κ3) is 7.50. The molecular weight excluding hydrogens is 482 g/mol. The van der Waals surface area contributed by atoms with Crippen LogP contribution >= 0.6 is 0 Å². The molecule has 4 aromatic rings. The first-order chi connectivity index (χ1) is 18.8. The van der Waals surface area contributed by atoms with E-state index >= 15 is 0 Å². The van der Waals surface area contributed by atoms with E-state index in [-0.39, 0.29) is 5.97 Å². The Kier molecular flexibility index (Phi) is 9.45. The van der Waals surface area contributed by atoms with Crippen LogP contribution in [0.25, 0.3) is 22.2 Å². The highest BCUT2D eigenvalue weighted by molar-refractivity contribution is 5.97. The fraction of sp³-hybridized carbons (Fsp3) is 0.412. The second kappa shape index (κ2) is 13.0. The molecule has 0 aliphatic heterocycles. The summed E-state index contributed by atoms with van der Waals surface area (Å²) in [4.78, 5) is 17.9. The standard InChI is InChI=1S/C34H43N3O2/c1-6-8-12-22-35-27-20-21-30-31(23-27)37(32(36-30)15-9-7-2)24-25-16-18-26(19-17-25)28-13-10-11-14-29(28)33(38)39-34(3,4)5/h10-11,13-14,16-21,23,35H,6-9,12,15,22,24H2,1-5H3. The van der Waals surface area contributed by atoms with E-state index in [9.17, 15) is 4.79 Å². The number of aromatic nitrogens is 2. The number of nitrogens with zero attached hydrogens (tertiary/aromatic N) is 2. The SMILES string of the molecule is CCCCCNc1ccc2nc(CCCC)n(Cc3ccc(-c4ccccc4C(=O)OC(C)(C)C)cc3)c2c1. The molecule has 0 radical (unpaired) electrons. The van der Waals surface area contributed by atoms with Gasteiger partial charge in [0.15, 0.2) is 0 Å². The minimum absolute atomic E-state index is 0.299. The van der Waals surface area contributed by atoms with Crippen LogP contribution in [0.15, 0.2) is 66.7 Å². The van der Waals surface area contributed by atoms with Gasteiger partial charge in [0, 0.05) is 25.2 Å². The second-order valence-electron chi connectivity index (χ2n) is 11.3. The van der Waals surface area contributed by atoms with Crippen LogP contribution in [0.4, 0.5) is 5.69 Å². The monoisotopic (exact) mass is 525 g/mol. The molecule has 5 heteroatoms. The summed E-state index contributed by atoms with van der Waals surface area (Å²) in [5.74, 6) is 0.834. The summed E-state index contributed by atoms with van der Waals surface area (Å²) in [6.45, 7) is 11.9. The predicted molar refractivity (Wildman–Crippen MR) is 163 cm³/mol. The van der Waals surface area contributed by atoms with Gasteiger partial charge in [0.25, 0.3) is 0 Å². The van der Waals surface area contributed by atoms with E-state index in [1.54, 1.807) is 0 Å². The van der Waals surface area contributed by atoms with Crippen LogP contribution < -0.4 is 5.32 Å². The minimum Gasteiger partial charge on any atom is -0.456 e. The first-order valence-corrected chi connectivity index (χ1v) is 14.4. The Morgan fingerprint density at radius 2 is 1.67 bits per heavy atom. The molecule has 1 N–H and O–H groups in total. The average molecular weight is 526 g/mol. The van der Waals surface area contributed by atoms with E-state index < -0.39 is 5.60 Å². The van der Waals surface area contributed by atoms with Crippen LogP contribution in [0.5, 0.6) is 0 Å². The number of hydrogen-bond donors (Lipinski definition) is 1. The van der Waals surface area contributed by atoms with Crippen LogP contribution in [0.1, 0.15) is 88.5 Å². The molecule has 0 aliphatic rings. The van der Waals surface area contributed by atoms with Crippen LogP contribution in [0.2, 0.25) is 0 Å². The van der Waals surface area contributed by atoms with Gasteiger partial charge in [0.1, 0.15) is 11.4 Å². The maximum Gasteiger partial charge on any atom is 0.339 e. The van der Waals surface area contributed by atoms with Gasteiger partial charge in [-0.2, -0.15) is 0 Å². The first-order valence-electron chi connectivity index (χ1n) is 14.4. The van der Waals surface area contributed by atoms with Crippen LogP contribution in [0, 0.1) is 0 Å². The highest BCUT2D eigenvalue weighted by Crippen LogP contribution is 2.28. The summed E-state index contributed by atoms with van der Waals surface area (Å²) in [5, 5.41) is 3.59. The number of carbonyl (C=O) groups excluding carboxylic acids is 1. The van der Waals surface area contributed by atoms with Gasteiger partial charge in [-0.15, -0.1) is 0 Å². The molecule has 1 aromatic heterocycles. The number of anilines is 1. The Morgan fingerprint density at radius 3 is 2.38 bits per heavy atom. The fourth-order valence-electron chi connectivity index (χ4n) is 4.81. The normalized spacial score (nSPS) is 11.6. The summed E-state index contributed by atoms with van der Waals surface area (Å²) >= 11 is 0. The topological polar surface area (TPSA) is 56.2 Å². The first kappa shape index (κ1) is 28.4. The number of unbranched alkanes of at least 4 members (excludes halogenated alkanes) is 3. The summed E-state index contributed by atoms with van der Waals surface area (Å²) in [6, 6.07) is 22.7. The smallest absolute Gasteiger partial charge is 0.339 e. The Morgan fingerprint density at radius 1 is 0.923 bits per heavy atom. The molecule has 0 bridgehead atoms. The largest absolute Gasteiger partial charge is 0.456 e. The Balaban J connectivity index is 1.60. The van der Waals surface area contributed by atoms with Gasteiger partial charge in [0.2, 0.25) is 0 Å². The number of ether oxygens (including phenoxy) is 1. The number of carbonyl (C=O) groups is 1. The van der Waals surface area contributed by atoms with Crippen LogP contribution in [-0.2, 0) is 17.7 Å². The van der Waals surface area contributed by atoms with Gasteiger partial charge in [0.05, 0.1) is 16.6 Å². The molecule has 39 heavy (non-hydrogen) atoms. The van der Waals surface area contributed by atoms with Crippen molar-refractivity contribution in [3.05, 3.63) is 83.7 Å². The molecule has 0 aliphatic carbocycles. The second-order valence-corrected chi connectivity index (χ2v) is 11.3. The van der Waals surface area contributed by atoms with Crippen molar-refractivity contribution in [3.8, 4) is 11.1 Å². The molecule has 0 atom stereocenters. The summed E-state index contributed by atoms with van der Waals surface area (Å²) in [5.41, 5.74) is 6.49. The van der Waals surface area contributed by atoms with Crippen molar-refractivity contribution < 1.29 is 9.53 Å². The zero-order chi connectivity index (χ0) is 27.8. The van der Waals surface area contributed by atoms with Crippen molar-refractivity contribution in [2.24, 2.45) is 0 Å². The van der Waals surface area contributed by atoms with Crippen molar-refractivity contribution in [3.63, 3.8) is 0 Å². The quantitative estimate of drug-likeness (QED) is 0.148. The third-order valence-corrected chi connectivity index (χ3v) is 6.84. The van der Waals surface area contributed by atoms with Gasteiger partial charge in [-0.3, -0.25) is 0 Å². The van der Waals surface area contributed by atoms with Crippen molar-refractivity contribution in [1.82, 2.24) is 9.55 Å². The van der Waals surface area contributed by atoms with E-state index in [4.69, 9.17) is 9.72 Å². The number of rotatable bonds is 12. The van der Waals surface area contributed by atoms with E-state index in [2.05, 4.69) is 66.2 Å². The molecule has 0 unspecified atom stereocenters. The molecule has 0 saturated carbocycles. The number of fused-ring (bicyclic) bond motifs is 1. The molecular formula is C34H43N3O2. The lowest BCUT2D eigenvalue weighted by atomic mass is 9.98. The van der Waals surface area contributed by atoms with Crippen molar-refractivity contribution >= 4 is 22.7 Å². The number of aryl methyl sites for hydroxylation is 1. The molecule has 3 aromatic carbocycles. The highest BCUT2D eigenvalue weighted by atomic mass is 16.6. The molecule has 0 amide bonds. The molecule has 206 valence electrons. The lowest BCUT2D eigenvalue weighted by Gasteiger charge is -2.20. The van der Waals surface area contributed by atoms with Gasteiger partial charge in [-0.05, 0) is 74.6 Å². The minimum atomic E-state index is -0.540. The van der Waals surface area contributed by atoms with Gasteiger partial charge in [-0.25, -0.2) is 9.78 Å². The van der Waals surface area contributed by atoms with Gasteiger partial charge < -0.3 is 14.6 Å². The van der Waals surface area contributed by atoms with Crippen molar-refractivity contribution in [1.29, 1.82) is 0 Å². The van der Waals surface area contributed by atoms with E-state index in [0.717, 1.165) is 60.5 Å². The van der Waals surface area contributed by atoms with Gasteiger partial charge in [-0.1, -0.05) is 75.6 Å². The summed E-state index contributed by atoms with van der Waals surface area (Å²) in [7, 11) is 0. The molecule has 4 rings (SSSR count). The lowest BCUT2D eigenvalue weighted by Crippen LogP contribution is -2.24. The molecule has 0 fully saturated rings. The maximum atomic E-state index is 12.9. The number of imidazole rings is 1. The predicted octanol–water partition coefficient (Wildman–Crippen LogP) is 8.65. The van der Waals surface area contributed by atoms with Crippen molar-refractivity contribution in [2.75, 3.05) is 11.9 Å². The maximum absolute atomic E-state index is 12.9. The number of hydrogen-bond acceptors (Lipinski definition) is 4. The Labute approximate surface area is 233 Å². The number of nitrogens with one attached hydrogen (secondary N) is 1. The van der Waals surface area contributed by atoms with E-state index in [1.165, 1.54) is 30.3 Å². The molecule has 1 heterocycles. The van der Waals surface area contributed by atoms with Gasteiger partial charge >= 0.3 is 5.97 Å². The molecule has 0 saturated heterocycles. The zero-order valence-electron chi connectivity index (χ0n) is 24.2. The summed E-state index contributed by atoms with van der Waals surface area (Å²) < 4.78 is 8.02. The molecule has 0 spiro atoms. The van der Waals surface area contributed by atoms with Crippen molar-refractivity contribution in [2.45, 2.75) is 85.3 Å². The van der Waals surface area contributed by atoms with E-state index in [0.29, 0.717) is 5.56 Å². The van der Waals surface area contributed by atoms with Crippen LogP contribution in [0.3, 0.4) is 0 Å².